The summed E-state index contributed by atoms with van der Waals surface area (Å²) >= 11 is 0. The van der Waals surface area contributed by atoms with Crippen LogP contribution in [0.15, 0.2) is 39.5 Å². The lowest BCUT2D eigenvalue weighted by atomic mass is 10.1. The second kappa shape index (κ2) is 9.43. The maximum absolute atomic E-state index is 13.3. The molecule has 10 heteroatoms. The first kappa shape index (κ1) is 23.3. The molecule has 0 radical (unpaired) electrons. The van der Waals surface area contributed by atoms with Gasteiger partial charge in [0.05, 0.1) is 14.2 Å². The lowest BCUT2D eigenvalue weighted by Gasteiger charge is -2.14. The first-order chi connectivity index (χ1) is 15.6. The molecule has 1 aromatic heterocycles. The summed E-state index contributed by atoms with van der Waals surface area (Å²) in [6.45, 7) is 3.58. The standard InChI is InChI=1S/C23H20O10/c1-11(24)30-16-7-6-14(8-17(16)31-12(2)25)22-23(29-5)21(27)20-18(32-13(3)26)9-15(28-4)10-19(20)33-22/h6-10H,1-5H3. The van der Waals surface area contributed by atoms with Gasteiger partial charge in [0.15, 0.2) is 17.3 Å². The van der Waals surface area contributed by atoms with E-state index in [-0.39, 0.29) is 51.0 Å². The van der Waals surface area contributed by atoms with Crippen LogP contribution in [-0.4, -0.2) is 32.1 Å². The van der Waals surface area contributed by atoms with Crippen LogP contribution in [0.1, 0.15) is 20.8 Å². The number of benzene rings is 2. The average molecular weight is 456 g/mol. The zero-order valence-corrected chi connectivity index (χ0v) is 18.5. The highest BCUT2D eigenvalue weighted by atomic mass is 16.6. The number of hydrogen-bond acceptors (Lipinski definition) is 10. The van der Waals surface area contributed by atoms with Crippen molar-refractivity contribution in [2.24, 2.45) is 0 Å². The Morgan fingerprint density at radius 2 is 1.36 bits per heavy atom. The normalized spacial score (nSPS) is 10.5. The predicted molar refractivity (Wildman–Crippen MR) is 115 cm³/mol. The summed E-state index contributed by atoms with van der Waals surface area (Å²) in [5, 5.41) is -0.0247. The molecule has 33 heavy (non-hydrogen) atoms. The van der Waals surface area contributed by atoms with Crippen LogP contribution >= 0.6 is 0 Å². The van der Waals surface area contributed by atoms with Crippen molar-refractivity contribution >= 4 is 28.9 Å². The summed E-state index contributed by atoms with van der Waals surface area (Å²) in [5.74, 6) is -1.92. The number of carbonyl (C=O) groups excluding carboxylic acids is 3. The summed E-state index contributed by atoms with van der Waals surface area (Å²) in [5.41, 5.74) is -0.259. The van der Waals surface area contributed by atoms with E-state index in [4.69, 9.17) is 28.1 Å². The van der Waals surface area contributed by atoms with Crippen molar-refractivity contribution in [3.05, 3.63) is 40.6 Å². The molecule has 0 saturated heterocycles. The molecule has 10 nitrogen and oxygen atoms in total. The highest BCUT2D eigenvalue weighted by Gasteiger charge is 2.23. The van der Waals surface area contributed by atoms with Crippen molar-refractivity contribution in [3.63, 3.8) is 0 Å². The zero-order valence-electron chi connectivity index (χ0n) is 18.5. The van der Waals surface area contributed by atoms with Gasteiger partial charge in [0.1, 0.15) is 22.5 Å². The van der Waals surface area contributed by atoms with Crippen LogP contribution < -0.4 is 29.1 Å². The number of fused-ring (bicyclic) bond motifs is 1. The molecule has 172 valence electrons. The lowest BCUT2D eigenvalue weighted by Crippen LogP contribution is -2.11. The fourth-order valence-electron chi connectivity index (χ4n) is 3.09. The van der Waals surface area contributed by atoms with Crippen LogP contribution in [0.3, 0.4) is 0 Å². The Bertz CT molecular complexity index is 1320. The molecule has 0 aliphatic rings. The summed E-state index contributed by atoms with van der Waals surface area (Å²) in [6, 6.07) is 7.07. The topological polar surface area (TPSA) is 128 Å². The third-order valence-corrected chi connectivity index (χ3v) is 4.30. The van der Waals surface area contributed by atoms with E-state index in [0.717, 1.165) is 0 Å². The van der Waals surface area contributed by atoms with Crippen LogP contribution in [0.2, 0.25) is 0 Å². The van der Waals surface area contributed by atoms with Crippen LogP contribution in [0, 0.1) is 0 Å². The van der Waals surface area contributed by atoms with E-state index in [1.807, 2.05) is 0 Å². The summed E-state index contributed by atoms with van der Waals surface area (Å²) in [7, 11) is 2.68. The molecule has 0 N–H and O–H groups in total. The fraction of sp³-hybridized carbons (Fsp3) is 0.217. The molecule has 0 unspecified atom stereocenters. The Morgan fingerprint density at radius 1 is 0.758 bits per heavy atom. The van der Waals surface area contributed by atoms with Crippen LogP contribution in [0.4, 0.5) is 0 Å². The van der Waals surface area contributed by atoms with E-state index in [2.05, 4.69) is 0 Å². The highest BCUT2D eigenvalue weighted by Crippen LogP contribution is 2.39. The molecular weight excluding hydrogens is 436 g/mol. The molecule has 0 aliphatic heterocycles. The summed E-state index contributed by atoms with van der Waals surface area (Å²) in [4.78, 5) is 47.7. The van der Waals surface area contributed by atoms with E-state index < -0.39 is 23.3 Å². The van der Waals surface area contributed by atoms with Crippen molar-refractivity contribution < 1.29 is 42.5 Å². The third kappa shape index (κ3) is 4.95. The first-order valence-electron chi connectivity index (χ1n) is 9.57. The van der Waals surface area contributed by atoms with Gasteiger partial charge in [-0.2, -0.15) is 0 Å². The minimum Gasteiger partial charge on any atom is -0.496 e. The van der Waals surface area contributed by atoms with E-state index in [1.54, 1.807) is 0 Å². The van der Waals surface area contributed by atoms with E-state index >= 15 is 0 Å². The van der Waals surface area contributed by atoms with Crippen LogP contribution in [-0.2, 0) is 14.4 Å². The minimum atomic E-state index is -0.650. The van der Waals surface area contributed by atoms with Gasteiger partial charge < -0.3 is 28.1 Å². The molecule has 0 saturated carbocycles. The smallest absolute Gasteiger partial charge is 0.308 e. The van der Waals surface area contributed by atoms with Crippen molar-refractivity contribution in [2.45, 2.75) is 20.8 Å². The van der Waals surface area contributed by atoms with Gasteiger partial charge in [0.25, 0.3) is 0 Å². The molecule has 0 bridgehead atoms. The Balaban J connectivity index is 2.30. The van der Waals surface area contributed by atoms with E-state index in [0.29, 0.717) is 0 Å². The van der Waals surface area contributed by atoms with Gasteiger partial charge in [-0.1, -0.05) is 0 Å². The highest BCUT2D eigenvalue weighted by molar-refractivity contribution is 5.90. The third-order valence-electron chi connectivity index (χ3n) is 4.30. The van der Waals surface area contributed by atoms with Gasteiger partial charge >= 0.3 is 17.9 Å². The Kier molecular flexibility index (Phi) is 6.67. The van der Waals surface area contributed by atoms with Gasteiger partial charge in [-0.15, -0.1) is 0 Å². The predicted octanol–water partition coefficient (Wildman–Crippen LogP) is 3.25. The van der Waals surface area contributed by atoms with Crippen LogP contribution in [0.5, 0.6) is 28.7 Å². The molecule has 2 aromatic carbocycles. The SMILES string of the molecule is COc1cc(OC(C)=O)c2c(=O)c(OC)c(-c3ccc(OC(C)=O)c(OC(C)=O)c3)oc2c1. The molecule has 0 atom stereocenters. The molecular formula is C23H20O10. The molecule has 3 rings (SSSR count). The Hall–Kier alpha value is -4.34. The Labute approximate surface area is 187 Å². The van der Waals surface area contributed by atoms with E-state index in [1.165, 1.54) is 65.3 Å². The number of methoxy groups -OCH3 is 2. The van der Waals surface area contributed by atoms with Gasteiger partial charge in [0.2, 0.25) is 11.2 Å². The minimum absolute atomic E-state index is 0.000180. The molecule has 0 fully saturated rings. The largest absolute Gasteiger partial charge is 0.496 e. The second-order valence-corrected chi connectivity index (χ2v) is 6.73. The molecule has 1 heterocycles. The fourth-order valence-corrected chi connectivity index (χ4v) is 3.09. The zero-order chi connectivity index (χ0) is 24.3. The quantitative estimate of drug-likeness (QED) is 0.403. The first-order valence-corrected chi connectivity index (χ1v) is 9.57. The Morgan fingerprint density at radius 3 is 1.94 bits per heavy atom. The van der Waals surface area contributed by atoms with Gasteiger partial charge in [-0.3, -0.25) is 19.2 Å². The summed E-state index contributed by atoms with van der Waals surface area (Å²) in [6.07, 6.45) is 0. The maximum Gasteiger partial charge on any atom is 0.308 e. The average Bonchev–Trinajstić information content (AvgIpc) is 2.73. The van der Waals surface area contributed by atoms with E-state index in [9.17, 15) is 19.2 Å². The van der Waals surface area contributed by atoms with Gasteiger partial charge in [0, 0.05) is 38.5 Å². The number of esters is 3. The van der Waals surface area contributed by atoms with Gasteiger partial charge in [-0.05, 0) is 18.2 Å². The maximum atomic E-state index is 13.3. The molecule has 3 aromatic rings. The lowest BCUT2D eigenvalue weighted by molar-refractivity contribution is -0.134. The van der Waals surface area contributed by atoms with Gasteiger partial charge in [-0.25, -0.2) is 0 Å². The van der Waals surface area contributed by atoms with Crippen molar-refractivity contribution in [3.8, 4) is 40.1 Å². The number of hydrogen-bond donors (Lipinski definition) is 0. The van der Waals surface area contributed by atoms with Crippen molar-refractivity contribution in [2.75, 3.05) is 14.2 Å². The second-order valence-electron chi connectivity index (χ2n) is 6.73. The number of rotatable bonds is 6. The molecule has 0 amide bonds. The molecule has 0 aliphatic carbocycles. The van der Waals surface area contributed by atoms with Crippen LogP contribution in [0.25, 0.3) is 22.3 Å². The van der Waals surface area contributed by atoms with Crippen molar-refractivity contribution in [1.82, 2.24) is 0 Å². The van der Waals surface area contributed by atoms with Crippen molar-refractivity contribution in [1.29, 1.82) is 0 Å². The molecule has 0 spiro atoms. The number of ether oxygens (including phenoxy) is 5. The number of carbonyl (C=O) groups is 3. The summed E-state index contributed by atoms with van der Waals surface area (Å²) < 4.78 is 31.8. The monoisotopic (exact) mass is 456 g/mol.